The third-order valence-corrected chi connectivity index (χ3v) is 2.19. The molecule has 1 heterocycles. The lowest BCUT2D eigenvalue weighted by Gasteiger charge is -2.07. The maximum atomic E-state index is 5.30. The maximum Gasteiger partial charge on any atom is 0.142 e. The minimum atomic E-state index is 0.637. The Kier molecular flexibility index (Phi) is 3.03. The Morgan fingerprint density at radius 3 is 2.56 bits per heavy atom. The Balaban J connectivity index is 2.20. The number of nitrogens with zero attached hydrogens (tertiary/aromatic N) is 1. The summed E-state index contributed by atoms with van der Waals surface area (Å²) in [7, 11) is 0. The predicted octanol–water partition coefficient (Wildman–Crippen LogP) is 2.42. The first-order valence-electron chi connectivity index (χ1n) is 5.05. The van der Waals surface area contributed by atoms with Crippen molar-refractivity contribution in [1.82, 2.24) is 4.98 Å². The van der Waals surface area contributed by atoms with E-state index in [0.717, 1.165) is 11.5 Å². The van der Waals surface area contributed by atoms with Crippen LogP contribution in [-0.4, -0.2) is 4.98 Å². The van der Waals surface area contributed by atoms with Gasteiger partial charge in [0, 0.05) is 5.69 Å². The van der Waals surface area contributed by atoms with Gasteiger partial charge in [0.15, 0.2) is 0 Å². The summed E-state index contributed by atoms with van der Waals surface area (Å²) < 4.78 is 0. The van der Waals surface area contributed by atoms with Gasteiger partial charge in [0.05, 0.1) is 0 Å². The van der Waals surface area contributed by atoms with Crippen LogP contribution >= 0.6 is 0 Å². The second-order valence-corrected chi connectivity index (χ2v) is 3.55. The number of hydrazine groups is 1. The number of hydrogen-bond acceptors (Lipinski definition) is 4. The highest BCUT2D eigenvalue weighted by Crippen LogP contribution is 2.16. The van der Waals surface area contributed by atoms with Crippen LogP contribution in [0.1, 0.15) is 5.56 Å². The molecule has 0 bridgehead atoms. The molecule has 0 aliphatic rings. The second kappa shape index (κ2) is 4.63. The average Bonchev–Trinajstić information content (AvgIpc) is 2.29. The highest BCUT2D eigenvalue weighted by molar-refractivity contribution is 5.58. The number of nitrogens with one attached hydrogen (secondary N) is 2. The number of benzene rings is 1. The number of nitrogens with two attached hydrogens (primary N) is 1. The van der Waals surface area contributed by atoms with Crippen molar-refractivity contribution in [1.29, 1.82) is 0 Å². The zero-order valence-corrected chi connectivity index (χ0v) is 9.07. The first-order chi connectivity index (χ1) is 7.78. The van der Waals surface area contributed by atoms with E-state index in [1.165, 1.54) is 5.56 Å². The van der Waals surface area contributed by atoms with Crippen LogP contribution < -0.4 is 16.6 Å². The molecule has 0 saturated carbocycles. The van der Waals surface area contributed by atoms with Crippen molar-refractivity contribution >= 4 is 17.3 Å². The van der Waals surface area contributed by atoms with Crippen molar-refractivity contribution < 1.29 is 0 Å². The summed E-state index contributed by atoms with van der Waals surface area (Å²) in [6, 6.07) is 13.7. The Hall–Kier alpha value is -2.07. The standard InChI is InChI=1S/C12H14N4/c1-9-4-2-5-10(8-9)14-11-6-3-7-12(15-11)16-13/h2-8H,13H2,1H3,(H2,14,15,16). The number of rotatable bonds is 3. The lowest BCUT2D eigenvalue weighted by Crippen LogP contribution is -2.08. The summed E-state index contributed by atoms with van der Waals surface area (Å²) in [6.45, 7) is 2.05. The van der Waals surface area contributed by atoms with Gasteiger partial charge in [-0.15, -0.1) is 0 Å². The van der Waals surface area contributed by atoms with Crippen molar-refractivity contribution in [3.63, 3.8) is 0 Å². The van der Waals surface area contributed by atoms with Crippen LogP contribution in [0, 0.1) is 6.92 Å². The normalized spacial score (nSPS) is 9.88. The van der Waals surface area contributed by atoms with Crippen LogP contribution in [-0.2, 0) is 0 Å². The van der Waals surface area contributed by atoms with E-state index in [1.54, 1.807) is 6.07 Å². The van der Waals surface area contributed by atoms with Crippen molar-refractivity contribution in [3.8, 4) is 0 Å². The SMILES string of the molecule is Cc1cccc(Nc2cccc(NN)n2)c1. The molecule has 0 spiro atoms. The molecule has 0 aliphatic carbocycles. The van der Waals surface area contributed by atoms with Crippen molar-refractivity contribution in [2.24, 2.45) is 5.84 Å². The van der Waals surface area contributed by atoms with Crippen LogP contribution in [0.5, 0.6) is 0 Å². The minimum Gasteiger partial charge on any atom is -0.340 e. The molecule has 0 radical (unpaired) electrons. The molecule has 4 N–H and O–H groups in total. The molecule has 0 fully saturated rings. The Morgan fingerprint density at radius 1 is 1.06 bits per heavy atom. The fraction of sp³-hybridized carbons (Fsp3) is 0.0833. The molecule has 1 aromatic heterocycles. The first-order valence-corrected chi connectivity index (χ1v) is 5.05. The van der Waals surface area contributed by atoms with E-state index < -0.39 is 0 Å². The summed E-state index contributed by atoms with van der Waals surface area (Å²) in [6.07, 6.45) is 0. The van der Waals surface area contributed by atoms with Crippen LogP contribution in [0.15, 0.2) is 42.5 Å². The number of pyridine rings is 1. The van der Waals surface area contributed by atoms with Crippen molar-refractivity contribution in [3.05, 3.63) is 48.0 Å². The van der Waals surface area contributed by atoms with Crippen LogP contribution in [0.2, 0.25) is 0 Å². The molecule has 0 amide bonds. The molecule has 4 heteroatoms. The molecule has 4 nitrogen and oxygen atoms in total. The van der Waals surface area contributed by atoms with Crippen molar-refractivity contribution in [2.75, 3.05) is 10.7 Å². The molecular weight excluding hydrogens is 200 g/mol. The summed E-state index contributed by atoms with van der Waals surface area (Å²) in [5.74, 6) is 6.70. The van der Waals surface area contributed by atoms with E-state index in [9.17, 15) is 0 Å². The number of aryl methyl sites for hydroxylation is 1. The predicted molar refractivity (Wildman–Crippen MR) is 66.5 cm³/mol. The fourth-order valence-corrected chi connectivity index (χ4v) is 1.46. The molecule has 1 aromatic carbocycles. The largest absolute Gasteiger partial charge is 0.340 e. The van der Waals surface area contributed by atoms with Crippen LogP contribution in [0.3, 0.4) is 0 Å². The number of nitrogen functional groups attached to an aromatic ring is 1. The lowest BCUT2D eigenvalue weighted by molar-refractivity contribution is 1.22. The monoisotopic (exact) mass is 214 g/mol. The molecule has 0 saturated heterocycles. The summed E-state index contributed by atoms with van der Waals surface area (Å²) in [4.78, 5) is 4.27. The van der Waals surface area contributed by atoms with Gasteiger partial charge in [-0.05, 0) is 36.8 Å². The van der Waals surface area contributed by atoms with Gasteiger partial charge < -0.3 is 10.7 Å². The van der Waals surface area contributed by atoms with Gasteiger partial charge >= 0.3 is 0 Å². The Morgan fingerprint density at radius 2 is 1.81 bits per heavy atom. The average molecular weight is 214 g/mol. The van der Waals surface area contributed by atoms with Gasteiger partial charge in [-0.25, -0.2) is 10.8 Å². The Bertz CT molecular complexity index is 482. The summed E-state index contributed by atoms with van der Waals surface area (Å²) in [5, 5.41) is 3.21. The highest BCUT2D eigenvalue weighted by Gasteiger charge is 1.97. The van der Waals surface area contributed by atoms with E-state index >= 15 is 0 Å². The fourth-order valence-electron chi connectivity index (χ4n) is 1.46. The maximum absolute atomic E-state index is 5.30. The first kappa shape index (κ1) is 10.4. The van der Waals surface area contributed by atoms with Crippen LogP contribution in [0.4, 0.5) is 17.3 Å². The second-order valence-electron chi connectivity index (χ2n) is 3.55. The van der Waals surface area contributed by atoms with E-state index in [2.05, 4.69) is 34.8 Å². The van der Waals surface area contributed by atoms with Gasteiger partial charge in [0.1, 0.15) is 11.6 Å². The third-order valence-electron chi connectivity index (χ3n) is 2.19. The van der Waals surface area contributed by atoms with Crippen LogP contribution in [0.25, 0.3) is 0 Å². The van der Waals surface area contributed by atoms with Gasteiger partial charge in [-0.1, -0.05) is 18.2 Å². The zero-order chi connectivity index (χ0) is 11.4. The molecule has 2 aromatic rings. The highest BCUT2D eigenvalue weighted by atomic mass is 15.3. The number of aromatic nitrogens is 1. The van der Waals surface area contributed by atoms with E-state index in [4.69, 9.17) is 5.84 Å². The Labute approximate surface area is 94.5 Å². The molecular formula is C12H14N4. The van der Waals surface area contributed by atoms with Gasteiger partial charge in [0.2, 0.25) is 0 Å². The molecule has 0 aliphatic heterocycles. The molecule has 82 valence electrons. The van der Waals surface area contributed by atoms with Gasteiger partial charge in [0.25, 0.3) is 0 Å². The molecule has 16 heavy (non-hydrogen) atoms. The minimum absolute atomic E-state index is 0.637. The smallest absolute Gasteiger partial charge is 0.142 e. The van der Waals surface area contributed by atoms with Gasteiger partial charge in [-0.2, -0.15) is 0 Å². The van der Waals surface area contributed by atoms with Crippen molar-refractivity contribution in [2.45, 2.75) is 6.92 Å². The number of anilines is 3. The number of hydrogen-bond donors (Lipinski definition) is 3. The summed E-state index contributed by atoms with van der Waals surface area (Å²) in [5.41, 5.74) is 4.74. The lowest BCUT2D eigenvalue weighted by atomic mass is 10.2. The van der Waals surface area contributed by atoms with E-state index in [1.807, 2.05) is 24.3 Å². The van der Waals surface area contributed by atoms with E-state index in [-0.39, 0.29) is 0 Å². The third kappa shape index (κ3) is 2.49. The molecule has 0 atom stereocenters. The quantitative estimate of drug-likeness (QED) is 0.542. The molecule has 0 unspecified atom stereocenters. The summed E-state index contributed by atoms with van der Waals surface area (Å²) >= 11 is 0. The molecule has 2 rings (SSSR count). The van der Waals surface area contributed by atoms with Gasteiger partial charge in [-0.3, -0.25) is 0 Å². The topological polar surface area (TPSA) is 63.0 Å². The zero-order valence-electron chi connectivity index (χ0n) is 9.07. The van der Waals surface area contributed by atoms with E-state index in [0.29, 0.717) is 5.82 Å².